The van der Waals surface area contributed by atoms with Crippen LogP contribution in [0.4, 0.5) is 5.82 Å². The first-order valence-corrected chi connectivity index (χ1v) is 8.41. The van der Waals surface area contributed by atoms with Crippen LogP contribution in [0.15, 0.2) is 6.07 Å². The van der Waals surface area contributed by atoms with Gasteiger partial charge in [0.25, 0.3) is 0 Å². The number of hydrogen-bond donors (Lipinski definition) is 1. The van der Waals surface area contributed by atoms with Gasteiger partial charge in [-0.25, -0.2) is 4.98 Å². The SMILES string of the molecule is CCC1CCC(N(C)c2nc(C)cc(C)c2CNC)CC1. The molecule has 0 bridgehead atoms. The predicted molar refractivity (Wildman–Crippen MR) is 90.9 cm³/mol. The Kier molecular flexibility index (Phi) is 5.63. The maximum atomic E-state index is 4.85. The van der Waals surface area contributed by atoms with Crippen LogP contribution in [0.2, 0.25) is 0 Å². The van der Waals surface area contributed by atoms with E-state index in [2.05, 4.69) is 44.1 Å². The van der Waals surface area contributed by atoms with Crippen molar-refractivity contribution in [2.75, 3.05) is 19.0 Å². The second-order valence-corrected chi connectivity index (χ2v) is 6.61. The molecule has 0 unspecified atom stereocenters. The van der Waals surface area contributed by atoms with E-state index in [0.717, 1.165) is 18.2 Å². The molecular formula is C18H31N3. The average Bonchev–Trinajstić information content (AvgIpc) is 2.49. The van der Waals surface area contributed by atoms with Gasteiger partial charge in [-0.3, -0.25) is 0 Å². The third kappa shape index (κ3) is 3.76. The number of pyridine rings is 1. The normalized spacial score (nSPS) is 22.3. The lowest BCUT2D eigenvalue weighted by Crippen LogP contribution is -2.36. The molecule has 3 nitrogen and oxygen atoms in total. The molecule has 0 atom stereocenters. The van der Waals surface area contributed by atoms with Crippen LogP contribution in [-0.2, 0) is 6.54 Å². The van der Waals surface area contributed by atoms with Crippen LogP contribution in [-0.4, -0.2) is 25.1 Å². The summed E-state index contributed by atoms with van der Waals surface area (Å²) in [6, 6.07) is 2.84. The van der Waals surface area contributed by atoms with Crippen molar-refractivity contribution in [2.24, 2.45) is 5.92 Å². The molecule has 1 heterocycles. The highest BCUT2D eigenvalue weighted by atomic mass is 15.2. The molecule has 1 aromatic rings. The van der Waals surface area contributed by atoms with Gasteiger partial charge in [-0.2, -0.15) is 0 Å². The largest absolute Gasteiger partial charge is 0.356 e. The lowest BCUT2D eigenvalue weighted by Gasteiger charge is -2.36. The highest BCUT2D eigenvalue weighted by Gasteiger charge is 2.25. The third-order valence-corrected chi connectivity index (χ3v) is 5.08. The van der Waals surface area contributed by atoms with E-state index >= 15 is 0 Å². The second kappa shape index (κ2) is 7.26. The Morgan fingerprint density at radius 3 is 2.48 bits per heavy atom. The number of hydrogen-bond acceptors (Lipinski definition) is 3. The first-order valence-electron chi connectivity index (χ1n) is 8.41. The number of nitrogens with zero attached hydrogens (tertiary/aromatic N) is 2. The molecule has 1 aliphatic rings. The average molecular weight is 289 g/mol. The van der Waals surface area contributed by atoms with Gasteiger partial charge in [0.15, 0.2) is 0 Å². The van der Waals surface area contributed by atoms with Crippen LogP contribution >= 0.6 is 0 Å². The Morgan fingerprint density at radius 1 is 1.24 bits per heavy atom. The fraction of sp³-hybridized carbons (Fsp3) is 0.722. The molecule has 0 radical (unpaired) electrons. The fourth-order valence-electron chi connectivity index (χ4n) is 3.64. The molecule has 3 heteroatoms. The van der Waals surface area contributed by atoms with E-state index in [9.17, 15) is 0 Å². The summed E-state index contributed by atoms with van der Waals surface area (Å²) >= 11 is 0. The van der Waals surface area contributed by atoms with Crippen LogP contribution in [0.25, 0.3) is 0 Å². The topological polar surface area (TPSA) is 28.2 Å². The van der Waals surface area contributed by atoms with Gasteiger partial charge >= 0.3 is 0 Å². The number of nitrogens with one attached hydrogen (secondary N) is 1. The fourth-order valence-corrected chi connectivity index (χ4v) is 3.64. The Bertz CT molecular complexity index is 462. The molecule has 2 rings (SSSR count). The molecule has 0 saturated heterocycles. The van der Waals surface area contributed by atoms with Gasteiger partial charge in [-0.15, -0.1) is 0 Å². The Morgan fingerprint density at radius 2 is 1.90 bits per heavy atom. The van der Waals surface area contributed by atoms with Gasteiger partial charge in [0, 0.05) is 30.9 Å². The van der Waals surface area contributed by atoms with Gasteiger partial charge in [0.05, 0.1) is 0 Å². The predicted octanol–water partition coefficient (Wildman–Crippen LogP) is 3.82. The highest BCUT2D eigenvalue weighted by molar-refractivity contribution is 5.52. The summed E-state index contributed by atoms with van der Waals surface area (Å²) in [6.07, 6.45) is 6.70. The highest BCUT2D eigenvalue weighted by Crippen LogP contribution is 2.32. The van der Waals surface area contributed by atoms with Crippen LogP contribution in [0, 0.1) is 19.8 Å². The van der Waals surface area contributed by atoms with Gasteiger partial charge in [-0.1, -0.05) is 13.3 Å². The zero-order valence-electron chi connectivity index (χ0n) is 14.4. The van der Waals surface area contributed by atoms with Crippen LogP contribution in [0.5, 0.6) is 0 Å². The molecule has 0 amide bonds. The van der Waals surface area contributed by atoms with Crippen molar-refractivity contribution in [1.82, 2.24) is 10.3 Å². The van der Waals surface area contributed by atoms with E-state index in [1.54, 1.807) is 0 Å². The van der Waals surface area contributed by atoms with Crippen LogP contribution in [0.1, 0.15) is 55.8 Å². The summed E-state index contributed by atoms with van der Waals surface area (Å²) in [5, 5.41) is 3.29. The Hall–Kier alpha value is -1.09. The Labute approximate surface area is 130 Å². The molecule has 1 aliphatic carbocycles. The van der Waals surface area contributed by atoms with Gasteiger partial charge in [0.1, 0.15) is 5.82 Å². The van der Waals surface area contributed by atoms with Crippen molar-refractivity contribution in [3.8, 4) is 0 Å². The quantitative estimate of drug-likeness (QED) is 0.893. The summed E-state index contributed by atoms with van der Waals surface area (Å²) in [7, 11) is 4.24. The van der Waals surface area contributed by atoms with E-state index in [1.165, 1.54) is 49.0 Å². The van der Waals surface area contributed by atoms with Crippen molar-refractivity contribution in [3.63, 3.8) is 0 Å². The van der Waals surface area contributed by atoms with Gasteiger partial charge in [0.2, 0.25) is 0 Å². The van der Waals surface area contributed by atoms with E-state index < -0.39 is 0 Å². The molecule has 0 spiro atoms. The Balaban J connectivity index is 2.20. The van der Waals surface area contributed by atoms with E-state index in [4.69, 9.17) is 4.98 Å². The van der Waals surface area contributed by atoms with E-state index in [0.29, 0.717) is 6.04 Å². The van der Waals surface area contributed by atoms with E-state index in [-0.39, 0.29) is 0 Å². The first kappa shape index (κ1) is 16.3. The third-order valence-electron chi connectivity index (χ3n) is 5.08. The van der Waals surface area contributed by atoms with Crippen molar-refractivity contribution in [1.29, 1.82) is 0 Å². The molecule has 1 fully saturated rings. The first-order chi connectivity index (χ1) is 10.1. The van der Waals surface area contributed by atoms with Gasteiger partial charge in [-0.05, 0) is 64.1 Å². The number of aromatic nitrogens is 1. The lowest BCUT2D eigenvalue weighted by molar-refractivity contribution is 0.312. The molecular weight excluding hydrogens is 258 g/mol. The molecule has 21 heavy (non-hydrogen) atoms. The van der Waals surface area contributed by atoms with Crippen molar-refractivity contribution in [3.05, 3.63) is 22.9 Å². The molecule has 0 aromatic carbocycles. The minimum absolute atomic E-state index is 0.650. The molecule has 0 aliphatic heterocycles. The van der Waals surface area contributed by atoms with Crippen LogP contribution < -0.4 is 10.2 Å². The zero-order valence-corrected chi connectivity index (χ0v) is 14.4. The monoisotopic (exact) mass is 289 g/mol. The maximum Gasteiger partial charge on any atom is 0.133 e. The maximum absolute atomic E-state index is 4.85. The van der Waals surface area contributed by atoms with Crippen molar-refractivity contribution >= 4 is 5.82 Å². The molecule has 118 valence electrons. The zero-order chi connectivity index (χ0) is 15.4. The standard InChI is InChI=1S/C18H31N3/c1-6-15-7-9-16(10-8-15)21(5)18-17(12-19-4)13(2)11-14(3)20-18/h11,15-16,19H,6-10,12H2,1-5H3. The minimum atomic E-state index is 0.650. The summed E-state index contributed by atoms with van der Waals surface area (Å²) in [6.45, 7) is 7.52. The number of anilines is 1. The minimum Gasteiger partial charge on any atom is -0.356 e. The van der Waals surface area contributed by atoms with E-state index in [1.807, 2.05) is 7.05 Å². The summed E-state index contributed by atoms with van der Waals surface area (Å²) in [5.41, 5.74) is 3.82. The number of rotatable bonds is 5. The smallest absolute Gasteiger partial charge is 0.133 e. The van der Waals surface area contributed by atoms with Crippen molar-refractivity contribution in [2.45, 2.75) is 65.5 Å². The summed E-state index contributed by atoms with van der Waals surface area (Å²) < 4.78 is 0. The molecule has 1 aromatic heterocycles. The van der Waals surface area contributed by atoms with Crippen LogP contribution in [0.3, 0.4) is 0 Å². The summed E-state index contributed by atoms with van der Waals surface area (Å²) in [4.78, 5) is 7.30. The summed E-state index contributed by atoms with van der Waals surface area (Å²) in [5.74, 6) is 2.13. The van der Waals surface area contributed by atoms with Gasteiger partial charge < -0.3 is 10.2 Å². The second-order valence-electron chi connectivity index (χ2n) is 6.61. The van der Waals surface area contributed by atoms with Crippen molar-refractivity contribution < 1.29 is 0 Å². The molecule has 1 N–H and O–H groups in total. The molecule has 1 saturated carbocycles. The lowest BCUT2D eigenvalue weighted by atomic mass is 9.84. The number of aryl methyl sites for hydroxylation is 2.